The molecule has 0 aromatic heterocycles. The molecule has 0 fully saturated rings. The summed E-state index contributed by atoms with van der Waals surface area (Å²) < 4.78 is 0. The quantitative estimate of drug-likeness (QED) is 0.372. The standard InChI is InChI=1S/C2H4BrSi/c3-1-2-4/h1-2H2. The van der Waals surface area contributed by atoms with E-state index in [0.29, 0.717) is 0 Å². The summed E-state index contributed by atoms with van der Waals surface area (Å²) in [5.74, 6) is 0. The van der Waals surface area contributed by atoms with Gasteiger partial charge in [-0.05, 0) is 0 Å². The SMILES string of the molecule is [Si]CCBr. The Morgan fingerprint density at radius 1 is 1.75 bits per heavy atom. The van der Waals surface area contributed by atoms with Gasteiger partial charge in [0.15, 0.2) is 0 Å². The highest BCUT2D eigenvalue weighted by atomic mass is 79.9. The van der Waals surface area contributed by atoms with E-state index in [9.17, 15) is 0 Å². The fourth-order valence-electron chi connectivity index (χ4n) is 0. The van der Waals surface area contributed by atoms with Gasteiger partial charge < -0.3 is 0 Å². The molecule has 0 aromatic carbocycles. The predicted molar refractivity (Wildman–Crippen MR) is 24.4 cm³/mol. The average molecular weight is 136 g/mol. The molecule has 0 aromatic rings. The molecule has 0 unspecified atom stereocenters. The number of alkyl halides is 1. The van der Waals surface area contributed by atoms with Crippen LogP contribution in [-0.2, 0) is 0 Å². The van der Waals surface area contributed by atoms with Crippen molar-refractivity contribution in [2.75, 3.05) is 5.33 Å². The van der Waals surface area contributed by atoms with E-state index >= 15 is 0 Å². The van der Waals surface area contributed by atoms with Crippen molar-refractivity contribution < 1.29 is 0 Å². The molecule has 3 radical (unpaired) electrons. The van der Waals surface area contributed by atoms with Crippen LogP contribution >= 0.6 is 15.9 Å². The third-order valence-corrected chi connectivity index (χ3v) is 1.47. The summed E-state index contributed by atoms with van der Waals surface area (Å²) in [5.41, 5.74) is 0. The maximum absolute atomic E-state index is 3.24. The van der Waals surface area contributed by atoms with Gasteiger partial charge >= 0.3 is 0 Å². The Labute approximate surface area is 38.1 Å². The number of halogens is 1. The van der Waals surface area contributed by atoms with Gasteiger partial charge in [0.25, 0.3) is 0 Å². The molecule has 0 saturated heterocycles. The van der Waals surface area contributed by atoms with Gasteiger partial charge in [-0.3, -0.25) is 0 Å². The predicted octanol–water partition coefficient (Wildman–Crippen LogP) is 0.968. The second kappa shape index (κ2) is 3.70. The molecule has 0 atom stereocenters. The van der Waals surface area contributed by atoms with Crippen LogP contribution in [0.1, 0.15) is 0 Å². The van der Waals surface area contributed by atoms with Crippen molar-refractivity contribution in [1.82, 2.24) is 0 Å². The van der Waals surface area contributed by atoms with E-state index in [2.05, 4.69) is 26.2 Å². The molecular formula is C2H4BrSi. The first-order valence-electron chi connectivity index (χ1n) is 1.12. The van der Waals surface area contributed by atoms with Crippen molar-refractivity contribution >= 4 is 26.2 Å². The lowest BCUT2D eigenvalue weighted by molar-refractivity contribution is 1.53. The summed E-state index contributed by atoms with van der Waals surface area (Å²) in [7, 11) is 3.24. The molecule has 0 saturated carbocycles. The summed E-state index contributed by atoms with van der Waals surface area (Å²) in [6.45, 7) is 0. The lowest BCUT2D eigenvalue weighted by Crippen LogP contribution is -1.61. The third-order valence-electron chi connectivity index (χ3n) is 0.0945. The summed E-state index contributed by atoms with van der Waals surface area (Å²) in [6.07, 6.45) is 0. The fraction of sp³-hybridized carbons (Fsp3) is 1.00. The van der Waals surface area contributed by atoms with Crippen LogP contribution in [0, 0.1) is 0 Å². The van der Waals surface area contributed by atoms with Gasteiger partial charge in [0, 0.05) is 15.6 Å². The normalized spacial score (nSPS) is 7.50. The smallest absolute Gasteiger partial charge is 0.0232 e. The number of hydrogen-bond donors (Lipinski definition) is 0. The van der Waals surface area contributed by atoms with Gasteiger partial charge in [-0.15, -0.1) is 0 Å². The third kappa shape index (κ3) is 2.70. The molecule has 0 aliphatic carbocycles. The first kappa shape index (κ1) is 4.70. The van der Waals surface area contributed by atoms with Crippen LogP contribution in [0.15, 0.2) is 0 Å². The highest BCUT2D eigenvalue weighted by Crippen LogP contribution is 1.78. The van der Waals surface area contributed by atoms with E-state index in [0.717, 1.165) is 11.4 Å². The Morgan fingerprint density at radius 2 is 2.00 bits per heavy atom. The minimum Gasteiger partial charge on any atom is -0.0931 e. The van der Waals surface area contributed by atoms with E-state index in [1.807, 2.05) is 0 Å². The van der Waals surface area contributed by atoms with Crippen LogP contribution in [0.2, 0.25) is 6.04 Å². The summed E-state index contributed by atoms with van der Waals surface area (Å²) in [5, 5.41) is 1.05. The van der Waals surface area contributed by atoms with Gasteiger partial charge in [-0.25, -0.2) is 0 Å². The zero-order valence-electron chi connectivity index (χ0n) is 2.29. The highest BCUT2D eigenvalue weighted by molar-refractivity contribution is 9.09. The van der Waals surface area contributed by atoms with Gasteiger partial charge in [-0.2, -0.15) is 0 Å². The molecule has 0 N–H and O–H groups in total. The zero-order valence-corrected chi connectivity index (χ0v) is 4.88. The monoisotopic (exact) mass is 135 g/mol. The largest absolute Gasteiger partial charge is 0.0931 e. The molecule has 23 valence electrons. The average Bonchev–Trinajstić information content (AvgIpc) is 1.37. The minimum atomic E-state index is 1.04. The Kier molecular flexibility index (Phi) is 4.34. The Hall–Kier alpha value is 0.697. The van der Waals surface area contributed by atoms with Crippen molar-refractivity contribution in [3.63, 3.8) is 0 Å². The Bertz CT molecular complexity index is 8.00. The van der Waals surface area contributed by atoms with Crippen LogP contribution in [0.5, 0.6) is 0 Å². The maximum Gasteiger partial charge on any atom is 0.0232 e. The number of hydrogen-bond acceptors (Lipinski definition) is 0. The van der Waals surface area contributed by atoms with E-state index in [4.69, 9.17) is 0 Å². The van der Waals surface area contributed by atoms with Crippen molar-refractivity contribution in [2.24, 2.45) is 0 Å². The van der Waals surface area contributed by atoms with Crippen molar-refractivity contribution in [2.45, 2.75) is 6.04 Å². The molecule has 0 spiro atoms. The highest BCUT2D eigenvalue weighted by Gasteiger charge is 1.59. The second-order valence-corrected chi connectivity index (χ2v) is 1.73. The van der Waals surface area contributed by atoms with Crippen LogP contribution in [0.25, 0.3) is 0 Å². The van der Waals surface area contributed by atoms with Crippen molar-refractivity contribution in [3.8, 4) is 0 Å². The van der Waals surface area contributed by atoms with Crippen LogP contribution in [-0.4, -0.2) is 15.6 Å². The topological polar surface area (TPSA) is 0 Å². The van der Waals surface area contributed by atoms with E-state index in [-0.39, 0.29) is 0 Å². The van der Waals surface area contributed by atoms with E-state index < -0.39 is 0 Å². The number of rotatable bonds is 1. The van der Waals surface area contributed by atoms with Crippen LogP contribution < -0.4 is 0 Å². The van der Waals surface area contributed by atoms with Gasteiger partial charge in [0.05, 0.1) is 0 Å². The van der Waals surface area contributed by atoms with Crippen molar-refractivity contribution in [1.29, 1.82) is 0 Å². The van der Waals surface area contributed by atoms with E-state index in [1.165, 1.54) is 0 Å². The molecule has 0 rings (SSSR count). The maximum atomic E-state index is 3.24. The first-order chi connectivity index (χ1) is 1.91. The van der Waals surface area contributed by atoms with Crippen LogP contribution in [0.4, 0.5) is 0 Å². The molecule has 0 nitrogen and oxygen atoms in total. The van der Waals surface area contributed by atoms with E-state index in [1.54, 1.807) is 0 Å². The van der Waals surface area contributed by atoms with Crippen molar-refractivity contribution in [3.05, 3.63) is 0 Å². The molecule has 0 aliphatic heterocycles. The minimum absolute atomic E-state index is 1.04. The fourth-order valence-corrected chi connectivity index (χ4v) is 0. The van der Waals surface area contributed by atoms with Gasteiger partial charge in [0.2, 0.25) is 0 Å². The summed E-state index contributed by atoms with van der Waals surface area (Å²) in [4.78, 5) is 0. The Morgan fingerprint density at radius 3 is 2.00 bits per heavy atom. The second-order valence-electron chi connectivity index (χ2n) is 0.439. The first-order valence-corrected chi connectivity index (χ1v) is 2.95. The molecular weight excluding hydrogens is 132 g/mol. The Balaban J connectivity index is 1.97. The molecule has 0 aliphatic rings. The zero-order chi connectivity index (χ0) is 3.41. The van der Waals surface area contributed by atoms with Crippen LogP contribution in [0.3, 0.4) is 0 Å². The molecule has 0 heterocycles. The molecule has 4 heavy (non-hydrogen) atoms. The molecule has 0 bridgehead atoms. The summed E-state index contributed by atoms with van der Waals surface area (Å²) >= 11 is 3.20. The van der Waals surface area contributed by atoms with Gasteiger partial charge in [-0.1, -0.05) is 22.0 Å². The van der Waals surface area contributed by atoms with Gasteiger partial charge in [0.1, 0.15) is 0 Å². The summed E-state index contributed by atoms with van der Waals surface area (Å²) in [6, 6.07) is 1.04. The lowest BCUT2D eigenvalue weighted by atomic mass is 11.0. The lowest BCUT2D eigenvalue weighted by Gasteiger charge is -1.65. The molecule has 0 amide bonds. The molecule has 2 heteroatoms.